The van der Waals surface area contributed by atoms with Gasteiger partial charge in [-0.25, -0.2) is 4.79 Å². The van der Waals surface area contributed by atoms with Crippen LogP contribution in [-0.4, -0.2) is 53.0 Å². The first-order chi connectivity index (χ1) is 20.6. The highest BCUT2D eigenvalue weighted by molar-refractivity contribution is 5.96. The van der Waals surface area contributed by atoms with Crippen molar-refractivity contribution in [3.63, 3.8) is 0 Å². The van der Waals surface area contributed by atoms with Crippen molar-refractivity contribution in [3.8, 4) is 12.3 Å². The highest BCUT2D eigenvalue weighted by Gasteiger charge is 2.63. The van der Waals surface area contributed by atoms with E-state index >= 15 is 0 Å². The average Bonchev–Trinajstić information content (AvgIpc) is 3.54. The Hall–Kier alpha value is -3.57. The van der Waals surface area contributed by atoms with E-state index in [1.54, 1.807) is 0 Å². The third-order valence-corrected chi connectivity index (χ3v) is 11.7. The van der Waals surface area contributed by atoms with Gasteiger partial charge in [0.05, 0.1) is 12.8 Å². The molecule has 0 spiro atoms. The van der Waals surface area contributed by atoms with Gasteiger partial charge in [-0.3, -0.25) is 4.79 Å². The summed E-state index contributed by atoms with van der Waals surface area (Å²) in [5.41, 5.74) is 3.08. The fraction of sp³-hybridized carbons (Fsp3) is 0.571. The van der Waals surface area contributed by atoms with E-state index in [-0.39, 0.29) is 17.4 Å². The summed E-state index contributed by atoms with van der Waals surface area (Å²) in [6.45, 7) is 4.35. The summed E-state index contributed by atoms with van der Waals surface area (Å²) < 4.78 is 4.95. The number of amides is 1. The van der Waals surface area contributed by atoms with Crippen LogP contribution in [0.1, 0.15) is 70.8 Å². The van der Waals surface area contributed by atoms with Crippen LogP contribution in [0.3, 0.4) is 0 Å². The molecule has 1 amide bonds. The van der Waals surface area contributed by atoms with Crippen molar-refractivity contribution in [3.05, 3.63) is 47.7 Å². The van der Waals surface area contributed by atoms with Crippen molar-refractivity contribution in [1.29, 1.82) is 0 Å². The number of allylic oxidation sites excluding steroid dienone is 2. The topological polar surface area (TPSA) is 113 Å². The zero-order valence-electron chi connectivity index (χ0n) is 25.4. The van der Waals surface area contributed by atoms with Crippen LogP contribution in [0.2, 0.25) is 0 Å². The van der Waals surface area contributed by atoms with Crippen LogP contribution in [0.5, 0.6) is 0 Å². The molecule has 43 heavy (non-hydrogen) atoms. The van der Waals surface area contributed by atoms with Gasteiger partial charge < -0.3 is 25.0 Å². The second-order valence-corrected chi connectivity index (χ2v) is 13.6. The summed E-state index contributed by atoms with van der Waals surface area (Å²) >= 11 is 0. The number of carbonyl (C=O) groups excluding carboxylic acids is 2. The van der Waals surface area contributed by atoms with Crippen LogP contribution in [0.4, 0.5) is 0 Å². The summed E-state index contributed by atoms with van der Waals surface area (Å²) in [6.07, 6.45) is 17.8. The van der Waals surface area contributed by atoms with Crippen LogP contribution in [0.25, 0.3) is 10.9 Å². The van der Waals surface area contributed by atoms with E-state index in [0.717, 1.165) is 67.1 Å². The number of fused-ring (bicyclic) bond motifs is 6. The van der Waals surface area contributed by atoms with E-state index in [4.69, 9.17) is 16.0 Å². The molecule has 6 rings (SSSR count). The minimum Gasteiger partial charge on any atom is -0.467 e. The number of aromatic amines is 1. The third kappa shape index (κ3) is 4.96. The van der Waals surface area contributed by atoms with Gasteiger partial charge in [-0.05, 0) is 92.2 Å². The first kappa shape index (κ1) is 29.5. The Morgan fingerprint density at radius 3 is 2.74 bits per heavy atom. The number of hydrogen-bond acceptors (Lipinski definition) is 6. The fourth-order valence-corrected chi connectivity index (χ4v) is 9.16. The molecule has 4 aliphatic carbocycles. The molecule has 3 saturated carbocycles. The lowest BCUT2D eigenvalue weighted by atomic mass is 9.46. The molecule has 4 unspecified atom stereocenters. The summed E-state index contributed by atoms with van der Waals surface area (Å²) in [5, 5.41) is 19.3. The molecule has 1 aromatic heterocycles. The van der Waals surface area contributed by atoms with Gasteiger partial charge in [-0.1, -0.05) is 48.7 Å². The standard InChI is InChI=1S/C35H43N3O5/c1-5-35(41)17-14-28-26-11-10-23-19-24(12-15-33(23,2)27(26)13-16-34(28,35)3)38-43-21-31(39)37-30(32(40)42-4)18-22-20-36-29-9-7-6-8-25(22)29/h1,6-9,19-20,26-28,30,36,41H,10-18,21H2,2-4H3,(H,37,39)/b38-24+/t26?,27?,28?,30?,33-,34-,35+/m0/s1. The maximum Gasteiger partial charge on any atom is 0.328 e. The van der Waals surface area contributed by atoms with Gasteiger partial charge in [0.1, 0.15) is 11.6 Å². The van der Waals surface area contributed by atoms with E-state index in [0.29, 0.717) is 30.6 Å². The predicted molar refractivity (Wildman–Crippen MR) is 165 cm³/mol. The number of rotatable bonds is 7. The molecule has 8 heteroatoms. The fourth-order valence-electron chi connectivity index (χ4n) is 9.16. The number of H-pyrrole nitrogens is 1. The Morgan fingerprint density at radius 2 is 1.95 bits per heavy atom. The summed E-state index contributed by atoms with van der Waals surface area (Å²) in [7, 11) is 1.31. The number of terminal acetylenes is 1. The first-order valence-corrected chi connectivity index (χ1v) is 15.6. The van der Waals surface area contributed by atoms with Crippen molar-refractivity contribution >= 4 is 28.5 Å². The molecule has 0 radical (unpaired) electrons. The molecule has 228 valence electrons. The van der Waals surface area contributed by atoms with E-state index in [2.05, 4.69) is 41.3 Å². The number of ether oxygens (including phenoxy) is 1. The van der Waals surface area contributed by atoms with E-state index in [1.165, 1.54) is 12.7 Å². The number of esters is 1. The molecule has 2 aromatic rings. The number of methoxy groups -OCH3 is 1. The molecule has 1 heterocycles. The number of nitrogens with one attached hydrogen (secondary N) is 2. The maximum atomic E-state index is 12.8. The second kappa shape index (κ2) is 11.2. The zero-order chi connectivity index (χ0) is 30.4. The van der Waals surface area contributed by atoms with Crippen molar-refractivity contribution < 1.29 is 24.3 Å². The quantitative estimate of drug-likeness (QED) is 0.239. The van der Waals surface area contributed by atoms with Gasteiger partial charge in [0.2, 0.25) is 0 Å². The van der Waals surface area contributed by atoms with Gasteiger partial charge in [0.25, 0.3) is 5.91 Å². The lowest BCUT2D eigenvalue weighted by Gasteiger charge is -2.58. The van der Waals surface area contributed by atoms with Crippen LogP contribution < -0.4 is 5.32 Å². The summed E-state index contributed by atoms with van der Waals surface area (Å²) in [4.78, 5) is 33.9. The number of para-hydroxylation sites is 1. The smallest absolute Gasteiger partial charge is 0.328 e. The van der Waals surface area contributed by atoms with Crippen molar-refractivity contribution in [1.82, 2.24) is 10.3 Å². The maximum absolute atomic E-state index is 12.8. The van der Waals surface area contributed by atoms with E-state index < -0.39 is 23.5 Å². The largest absolute Gasteiger partial charge is 0.467 e. The highest BCUT2D eigenvalue weighted by Crippen LogP contribution is 2.67. The molecule has 1 aromatic carbocycles. The number of aliphatic hydroxyl groups is 1. The highest BCUT2D eigenvalue weighted by atomic mass is 16.6. The van der Waals surface area contributed by atoms with Crippen LogP contribution in [-0.2, 0) is 25.6 Å². The second-order valence-electron chi connectivity index (χ2n) is 13.6. The Morgan fingerprint density at radius 1 is 1.16 bits per heavy atom. The molecule has 3 N–H and O–H groups in total. The molecular weight excluding hydrogens is 542 g/mol. The summed E-state index contributed by atoms with van der Waals surface area (Å²) in [6, 6.07) is 6.98. The van der Waals surface area contributed by atoms with E-state index in [1.807, 2.05) is 30.5 Å². The van der Waals surface area contributed by atoms with Gasteiger partial charge >= 0.3 is 5.97 Å². The van der Waals surface area contributed by atoms with Gasteiger partial charge in [0.15, 0.2) is 6.61 Å². The van der Waals surface area contributed by atoms with Crippen LogP contribution >= 0.6 is 0 Å². The van der Waals surface area contributed by atoms with Crippen LogP contribution in [0.15, 0.2) is 47.3 Å². The Balaban J connectivity index is 1.08. The van der Waals surface area contributed by atoms with Gasteiger partial charge in [-0.15, -0.1) is 6.42 Å². The Kier molecular flexibility index (Phi) is 7.66. The SMILES string of the molecule is C#C[C@@]1(O)CCC2C3CCC4=C/C(=N/OCC(=O)NC(Cc5c[nH]c6ccccc56)C(=O)OC)CC[C@]4(C)C3CC[C@@]21C. The minimum atomic E-state index is -0.983. The molecule has 8 nitrogen and oxygen atoms in total. The van der Waals surface area contributed by atoms with Gasteiger partial charge in [0, 0.05) is 28.9 Å². The normalized spacial score (nSPS) is 34.7. The Labute approximate surface area is 253 Å². The van der Waals surface area contributed by atoms with Crippen molar-refractivity contribution in [2.45, 2.75) is 83.3 Å². The molecule has 0 aliphatic heterocycles. The number of aromatic nitrogens is 1. The number of nitrogens with zero attached hydrogens (tertiary/aromatic N) is 1. The molecule has 0 bridgehead atoms. The minimum absolute atomic E-state index is 0.105. The van der Waals surface area contributed by atoms with Gasteiger partial charge in [-0.2, -0.15) is 0 Å². The monoisotopic (exact) mass is 585 g/mol. The summed E-state index contributed by atoms with van der Waals surface area (Å²) in [5.74, 6) is 3.45. The third-order valence-electron chi connectivity index (χ3n) is 11.7. The van der Waals surface area contributed by atoms with Crippen LogP contribution in [0, 0.1) is 40.9 Å². The van der Waals surface area contributed by atoms with Crippen molar-refractivity contribution in [2.75, 3.05) is 13.7 Å². The number of oxime groups is 1. The molecule has 7 atom stereocenters. The molecule has 0 saturated heterocycles. The molecule has 4 aliphatic rings. The predicted octanol–water partition coefficient (Wildman–Crippen LogP) is 5.07. The average molecular weight is 586 g/mol. The molecular formula is C35H43N3O5. The number of carbonyl (C=O) groups is 2. The van der Waals surface area contributed by atoms with Crippen molar-refractivity contribution in [2.24, 2.45) is 33.7 Å². The number of hydrogen-bond donors (Lipinski definition) is 3. The lowest BCUT2D eigenvalue weighted by Crippen LogP contribution is -2.54. The number of benzene rings is 1. The zero-order valence-corrected chi connectivity index (χ0v) is 25.4. The van der Waals surface area contributed by atoms with E-state index in [9.17, 15) is 14.7 Å². The Bertz CT molecular complexity index is 1520. The lowest BCUT2D eigenvalue weighted by molar-refractivity contribution is -0.145. The molecule has 3 fully saturated rings. The first-order valence-electron chi connectivity index (χ1n) is 15.6.